The van der Waals surface area contributed by atoms with Gasteiger partial charge in [-0.15, -0.1) is 0 Å². The van der Waals surface area contributed by atoms with Gasteiger partial charge in [0.25, 0.3) is 0 Å². The highest BCUT2D eigenvalue weighted by atomic mass is 16.6. The fourth-order valence-corrected chi connectivity index (χ4v) is 1.85. The summed E-state index contributed by atoms with van der Waals surface area (Å²) in [6.45, 7) is 2.02. The fourth-order valence-electron chi connectivity index (χ4n) is 1.85. The number of hydrogen-bond acceptors (Lipinski definition) is 4. The Morgan fingerprint density at radius 1 is 1.64 bits per heavy atom. The van der Waals surface area contributed by atoms with Crippen LogP contribution < -0.4 is 0 Å². The molecule has 2 aliphatic rings. The van der Waals surface area contributed by atoms with Gasteiger partial charge in [0.05, 0.1) is 19.3 Å². The molecule has 2 bridgehead atoms. The van der Waals surface area contributed by atoms with Crippen LogP contribution in [0, 0.1) is 0 Å². The van der Waals surface area contributed by atoms with Crippen molar-refractivity contribution < 1.29 is 19.7 Å². The Labute approximate surface area is 64.7 Å². The number of aliphatic hydroxyl groups excluding tert-OH is 2. The summed E-state index contributed by atoms with van der Waals surface area (Å²) >= 11 is 0. The molecular formula is C7H12O4. The van der Waals surface area contributed by atoms with Gasteiger partial charge in [-0.1, -0.05) is 0 Å². The highest BCUT2D eigenvalue weighted by Crippen LogP contribution is 2.40. The van der Waals surface area contributed by atoms with E-state index >= 15 is 0 Å². The van der Waals surface area contributed by atoms with Crippen LogP contribution in [0.15, 0.2) is 0 Å². The molecule has 0 aliphatic carbocycles. The van der Waals surface area contributed by atoms with Crippen LogP contribution in [-0.2, 0) is 9.47 Å². The van der Waals surface area contributed by atoms with Crippen LogP contribution in [-0.4, -0.2) is 47.3 Å². The first-order chi connectivity index (χ1) is 5.20. The maximum absolute atomic E-state index is 9.54. The summed E-state index contributed by atoms with van der Waals surface area (Å²) in [5.74, 6) is 0. The van der Waals surface area contributed by atoms with Gasteiger partial charge in [-0.05, 0) is 6.92 Å². The molecule has 0 radical (unpaired) electrons. The van der Waals surface area contributed by atoms with Crippen molar-refractivity contribution in [2.24, 2.45) is 0 Å². The first-order valence-electron chi connectivity index (χ1n) is 3.79. The summed E-state index contributed by atoms with van der Waals surface area (Å²) in [6, 6.07) is 0. The first-order valence-corrected chi connectivity index (χ1v) is 3.79. The lowest BCUT2D eigenvalue weighted by Gasteiger charge is -2.30. The smallest absolute Gasteiger partial charge is 0.145 e. The van der Waals surface area contributed by atoms with E-state index in [1.807, 2.05) is 0 Å². The SMILES string of the molecule is C[C@@H]1O[C@H]2CO[C@]1(CO)[C@H]2O. The number of hydrogen-bond donors (Lipinski definition) is 2. The Kier molecular flexibility index (Phi) is 1.47. The van der Waals surface area contributed by atoms with Crippen LogP contribution in [0.25, 0.3) is 0 Å². The summed E-state index contributed by atoms with van der Waals surface area (Å²) < 4.78 is 10.6. The second-order valence-corrected chi connectivity index (χ2v) is 3.19. The van der Waals surface area contributed by atoms with Crippen molar-refractivity contribution in [3.05, 3.63) is 0 Å². The molecular weight excluding hydrogens is 148 g/mol. The van der Waals surface area contributed by atoms with Gasteiger partial charge in [0, 0.05) is 0 Å². The second kappa shape index (κ2) is 2.17. The third-order valence-corrected chi connectivity index (χ3v) is 2.68. The lowest BCUT2D eigenvalue weighted by Crippen LogP contribution is -2.48. The van der Waals surface area contributed by atoms with Crippen LogP contribution in [0.1, 0.15) is 6.92 Å². The quantitative estimate of drug-likeness (QED) is 0.511. The Hall–Kier alpha value is -0.160. The van der Waals surface area contributed by atoms with Gasteiger partial charge in [0.15, 0.2) is 0 Å². The van der Waals surface area contributed by atoms with Crippen LogP contribution in [0.5, 0.6) is 0 Å². The molecule has 0 aromatic rings. The monoisotopic (exact) mass is 160 g/mol. The van der Waals surface area contributed by atoms with E-state index in [1.54, 1.807) is 6.92 Å². The summed E-state index contributed by atoms with van der Waals surface area (Å²) in [4.78, 5) is 0. The molecule has 11 heavy (non-hydrogen) atoms. The molecule has 4 nitrogen and oxygen atoms in total. The van der Waals surface area contributed by atoms with Crippen molar-refractivity contribution in [1.82, 2.24) is 0 Å². The van der Waals surface area contributed by atoms with E-state index in [-0.39, 0.29) is 18.8 Å². The van der Waals surface area contributed by atoms with Gasteiger partial charge in [-0.3, -0.25) is 0 Å². The topological polar surface area (TPSA) is 58.9 Å². The van der Waals surface area contributed by atoms with Crippen molar-refractivity contribution in [2.45, 2.75) is 30.8 Å². The van der Waals surface area contributed by atoms with Gasteiger partial charge in [-0.2, -0.15) is 0 Å². The highest BCUT2D eigenvalue weighted by molar-refractivity contribution is 5.07. The van der Waals surface area contributed by atoms with Crippen molar-refractivity contribution in [3.63, 3.8) is 0 Å². The van der Waals surface area contributed by atoms with Gasteiger partial charge < -0.3 is 19.7 Å². The predicted octanol–water partition coefficient (Wildman–Crippen LogP) is -1.10. The average molecular weight is 160 g/mol. The lowest BCUT2D eigenvalue weighted by molar-refractivity contribution is -0.160. The lowest BCUT2D eigenvalue weighted by atomic mass is 9.95. The third kappa shape index (κ3) is 0.727. The van der Waals surface area contributed by atoms with E-state index in [4.69, 9.17) is 14.6 Å². The van der Waals surface area contributed by atoms with Crippen molar-refractivity contribution >= 4 is 0 Å². The van der Waals surface area contributed by atoms with E-state index in [9.17, 15) is 5.11 Å². The molecule has 0 spiro atoms. The van der Waals surface area contributed by atoms with Crippen molar-refractivity contribution in [2.75, 3.05) is 13.2 Å². The zero-order chi connectivity index (χ0) is 8.06. The molecule has 2 fully saturated rings. The van der Waals surface area contributed by atoms with Gasteiger partial charge >= 0.3 is 0 Å². The van der Waals surface area contributed by atoms with Gasteiger partial charge in [0.2, 0.25) is 0 Å². The molecule has 0 amide bonds. The molecule has 2 rings (SSSR count). The maximum atomic E-state index is 9.54. The van der Waals surface area contributed by atoms with Crippen LogP contribution in [0.2, 0.25) is 0 Å². The summed E-state index contributed by atoms with van der Waals surface area (Å²) in [7, 11) is 0. The third-order valence-electron chi connectivity index (χ3n) is 2.68. The van der Waals surface area contributed by atoms with Gasteiger partial charge in [-0.25, -0.2) is 0 Å². The summed E-state index contributed by atoms with van der Waals surface area (Å²) in [5.41, 5.74) is -0.843. The zero-order valence-corrected chi connectivity index (χ0v) is 6.36. The summed E-state index contributed by atoms with van der Waals surface area (Å²) in [6.07, 6.45) is -1.11. The van der Waals surface area contributed by atoms with E-state index in [2.05, 4.69) is 0 Å². The molecule has 0 unspecified atom stereocenters. The number of ether oxygens (including phenoxy) is 2. The minimum Gasteiger partial charge on any atom is -0.393 e. The average Bonchev–Trinajstić information content (AvgIpc) is 2.42. The molecule has 4 atom stereocenters. The van der Waals surface area contributed by atoms with Gasteiger partial charge in [0.1, 0.15) is 17.8 Å². The number of rotatable bonds is 1. The molecule has 0 aromatic heterocycles. The predicted molar refractivity (Wildman–Crippen MR) is 36.1 cm³/mol. The molecule has 2 saturated heterocycles. The fraction of sp³-hybridized carbons (Fsp3) is 1.00. The molecule has 64 valence electrons. The Balaban J connectivity index is 2.28. The Morgan fingerprint density at radius 2 is 2.36 bits per heavy atom. The number of aliphatic hydroxyl groups is 2. The van der Waals surface area contributed by atoms with E-state index < -0.39 is 11.7 Å². The zero-order valence-electron chi connectivity index (χ0n) is 6.36. The standard InChI is InChI=1S/C7H12O4/c1-4-7(3-8)6(9)5(11-4)2-10-7/h4-6,8-9H,2-3H2,1H3/t4-,5-,6-,7-/m0/s1. The first kappa shape index (κ1) is 7.49. The van der Waals surface area contributed by atoms with Crippen LogP contribution in [0.3, 0.4) is 0 Å². The minimum absolute atomic E-state index is 0.175. The molecule has 2 N–H and O–H groups in total. The normalized spacial score (nSPS) is 55.4. The highest BCUT2D eigenvalue weighted by Gasteiger charge is 2.60. The van der Waals surface area contributed by atoms with E-state index in [1.165, 1.54) is 0 Å². The Bertz CT molecular complexity index is 172. The van der Waals surface area contributed by atoms with Crippen molar-refractivity contribution in [1.29, 1.82) is 0 Å². The maximum Gasteiger partial charge on any atom is 0.145 e. The summed E-state index contributed by atoms with van der Waals surface area (Å²) in [5, 5.41) is 18.6. The van der Waals surface area contributed by atoms with Crippen molar-refractivity contribution in [3.8, 4) is 0 Å². The van der Waals surface area contributed by atoms with E-state index in [0.717, 1.165) is 0 Å². The molecule has 0 saturated carbocycles. The van der Waals surface area contributed by atoms with Crippen LogP contribution >= 0.6 is 0 Å². The molecule has 2 aliphatic heterocycles. The van der Waals surface area contributed by atoms with E-state index in [0.29, 0.717) is 6.61 Å². The molecule has 4 heteroatoms. The molecule has 2 heterocycles. The minimum atomic E-state index is -0.843. The molecule has 0 aromatic carbocycles. The Morgan fingerprint density at radius 3 is 2.64 bits per heavy atom. The van der Waals surface area contributed by atoms with Crippen LogP contribution in [0.4, 0.5) is 0 Å². The largest absolute Gasteiger partial charge is 0.393 e. The second-order valence-electron chi connectivity index (χ2n) is 3.19. The number of fused-ring (bicyclic) bond motifs is 2.